The summed E-state index contributed by atoms with van der Waals surface area (Å²) in [6, 6.07) is 3.87. The van der Waals surface area contributed by atoms with Gasteiger partial charge in [0.15, 0.2) is 5.75 Å². The standard InChI is InChI=1S/C14H19NO5/c1-2-3-4-5-6-10-13(17)20-12-9-7-8-11(16)14(12)15(18)19/h7-9,16H,2-6,10H2,1H3. The van der Waals surface area contributed by atoms with Gasteiger partial charge in [-0.05, 0) is 18.6 Å². The van der Waals surface area contributed by atoms with Crippen LogP contribution in [0.1, 0.15) is 45.4 Å². The topological polar surface area (TPSA) is 89.7 Å². The summed E-state index contributed by atoms with van der Waals surface area (Å²) in [6.45, 7) is 2.11. The molecule has 110 valence electrons. The second-order valence-corrected chi connectivity index (χ2v) is 4.52. The largest absolute Gasteiger partial charge is 0.502 e. The van der Waals surface area contributed by atoms with Crippen LogP contribution in [-0.4, -0.2) is 16.0 Å². The Kier molecular flexibility index (Phi) is 6.49. The third kappa shape index (κ3) is 4.87. The summed E-state index contributed by atoms with van der Waals surface area (Å²) >= 11 is 0. The lowest BCUT2D eigenvalue weighted by atomic mass is 10.1. The zero-order chi connectivity index (χ0) is 15.0. The Morgan fingerprint density at radius 1 is 1.30 bits per heavy atom. The van der Waals surface area contributed by atoms with Gasteiger partial charge in [0.25, 0.3) is 0 Å². The number of carbonyl (C=O) groups excluding carboxylic acids is 1. The predicted octanol–water partition coefficient (Wildman–Crippen LogP) is 3.57. The Balaban J connectivity index is 2.54. The monoisotopic (exact) mass is 281 g/mol. The minimum Gasteiger partial charge on any atom is -0.502 e. The maximum atomic E-state index is 11.6. The molecule has 0 aliphatic heterocycles. The van der Waals surface area contributed by atoms with Gasteiger partial charge in [0.1, 0.15) is 0 Å². The van der Waals surface area contributed by atoms with Crippen LogP contribution in [0.4, 0.5) is 5.69 Å². The Morgan fingerprint density at radius 2 is 2.00 bits per heavy atom. The summed E-state index contributed by atoms with van der Waals surface area (Å²) in [4.78, 5) is 21.7. The molecule has 0 saturated carbocycles. The molecule has 0 aliphatic rings. The number of ether oxygens (including phenoxy) is 1. The van der Waals surface area contributed by atoms with Gasteiger partial charge in [0.2, 0.25) is 5.75 Å². The quantitative estimate of drug-likeness (QED) is 0.259. The first kappa shape index (κ1) is 15.9. The van der Waals surface area contributed by atoms with Gasteiger partial charge >= 0.3 is 11.7 Å². The average molecular weight is 281 g/mol. The van der Waals surface area contributed by atoms with Gasteiger partial charge in [0.05, 0.1) is 4.92 Å². The molecule has 0 radical (unpaired) electrons. The molecule has 6 nitrogen and oxygen atoms in total. The molecule has 1 rings (SSSR count). The highest BCUT2D eigenvalue weighted by Gasteiger charge is 2.22. The van der Waals surface area contributed by atoms with Gasteiger partial charge in [-0.15, -0.1) is 0 Å². The van der Waals surface area contributed by atoms with Crippen molar-refractivity contribution in [1.82, 2.24) is 0 Å². The number of rotatable bonds is 8. The van der Waals surface area contributed by atoms with Crippen LogP contribution in [0.5, 0.6) is 11.5 Å². The fourth-order valence-electron chi connectivity index (χ4n) is 1.82. The van der Waals surface area contributed by atoms with E-state index in [0.717, 1.165) is 25.7 Å². The van der Waals surface area contributed by atoms with E-state index in [2.05, 4.69) is 6.92 Å². The summed E-state index contributed by atoms with van der Waals surface area (Å²) < 4.78 is 4.95. The molecule has 0 aliphatic carbocycles. The van der Waals surface area contributed by atoms with Crippen LogP contribution in [0.15, 0.2) is 18.2 Å². The Labute approximate surface area is 117 Å². The molecule has 1 N–H and O–H groups in total. The third-order valence-corrected chi connectivity index (χ3v) is 2.87. The van der Waals surface area contributed by atoms with Crippen LogP contribution < -0.4 is 4.74 Å². The molecule has 0 aromatic heterocycles. The Morgan fingerprint density at radius 3 is 2.65 bits per heavy atom. The van der Waals surface area contributed by atoms with Gasteiger partial charge in [-0.3, -0.25) is 14.9 Å². The molecule has 0 atom stereocenters. The number of nitrogens with zero attached hydrogens (tertiary/aromatic N) is 1. The molecule has 0 spiro atoms. The lowest BCUT2D eigenvalue weighted by molar-refractivity contribution is -0.386. The maximum absolute atomic E-state index is 11.6. The first-order valence-corrected chi connectivity index (χ1v) is 6.73. The van der Waals surface area contributed by atoms with E-state index in [1.54, 1.807) is 0 Å². The van der Waals surface area contributed by atoms with Crippen molar-refractivity contribution in [3.05, 3.63) is 28.3 Å². The predicted molar refractivity (Wildman–Crippen MR) is 73.8 cm³/mol. The number of hydrogen-bond acceptors (Lipinski definition) is 5. The highest BCUT2D eigenvalue weighted by molar-refractivity contribution is 5.74. The van der Waals surface area contributed by atoms with Gasteiger partial charge in [0, 0.05) is 6.42 Å². The summed E-state index contributed by atoms with van der Waals surface area (Å²) in [5.41, 5.74) is -0.577. The maximum Gasteiger partial charge on any atom is 0.352 e. The first-order valence-electron chi connectivity index (χ1n) is 6.73. The van der Waals surface area contributed by atoms with E-state index >= 15 is 0 Å². The zero-order valence-corrected chi connectivity index (χ0v) is 11.5. The van der Waals surface area contributed by atoms with Crippen LogP contribution >= 0.6 is 0 Å². The van der Waals surface area contributed by atoms with E-state index in [9.17, 15) is 20.0 Å². The van der Waals surface area contributed by atoms with Crippen LogP contribution in [0, 0.1) is 10.1 Å². The number of aromatic hydroxyl groups is 1. The first-order chi connectivity index (χ1) is 9.56. The average Bonchev–Trinajstić information content (AvgIpc) is 2.38. The van der Waals surface area contributed by atoms with Crippen LogP contribution in [0.2, 0.25) is 0 Å². The molecule has 0 bridgehead atoms. The number of nitro benzene ring substituents is 1. The van der Waals surface area contributed by atoms with E-state index in [0.29, 0.717) is 6.42 Å². The second-order valence-electron chi connectivity index (χ2n) is 4.52. The van der Waals surface area contributed by atoms with Crippen molar-refractivity contribution in [2.75, 3.05) is 0 Å². The summed E-state index contributed by atoms with van der Waals surface area (Å²) in [5.74, 6) is -1.24. The number of hydrogen-bond donors (Lipinski definition) is 1. The SMILES string of the molecule is CCCCCCCC(=O)Oc1cccc(O)c1[N+](=O)[O-]. The summed E-state index contributed by atoms with van der Waals surface area (Å²) in [5, 5.41) is 20.2. The highest BCUT2D eigenvalue weighted by atomic mass is 16.6. The number of phenols is 1. The summed E-state index contributed by atoms with van der Waals surface area (Å²) in [7, 11) is 0. The van der Waals surface area contributed by atoms with E-state index in [1.807, 2.05) is 0 Å². The van der Waals surface area contributed by atoms with Gasteiger partial charge in [-0.2, -0.15) is 0 Å². The molecular formula is C14H19NO5. The fourth-order valence-corrected chi connectivity index (χ4v) is 1.82. The van der Waals surface area contributed by atoms with Gasteiger partial charge in [-0.25, -0.2) is 0 Å². The summed E-state index contributed by atoms with van der Waals surface area (Å²) in [6.07, 6.45) is 5.18. The van der Waals surface area contributed by atoms with Crippen molar-refractivity contribution in [2.24, 2.45) is 0 Å². The number of phenolic OH excluding ortho intramolecular Hbond substituents is 1. The number of esters is 1. The van der Waals surface area contributed by atoms with Crippen LogP contribution in [-0.2, 0) is 4.79 Å². The van der Waals surface area contributed by atoms with E-state index < -0.39 is 22.3 Å². The Bertz CT molecular complexity index is 473. The number of unbranched alkanes of at least 4 members (excludes halogenated alkanes) is 4. The molecular weight excluding hydrogens is 262 g/mol. The fraction of sp³-hybridized carbons (Fsp3) is 0.500. The minimum absolute atomic E-state index is 0.214. The highest BCUT2D eigenvalue weighted by Crippen LogP contribution is 2.35. The lowest BCUT2D eigenvalue weighted by Gasteiger charge is -2.05. The molecule has 0 amide bonds. The van der Waals surface area contributed by atoms with E-state index in [1.165, 1.54) is 18.2 Å². The zero-order valence-electron chi connectivity index (χ0n) is 11.5. The third-order valence-electron chi connectivity index (χ3n) is 2.87. The van der Waals surface area contributed by atoms with E-state index in [4.69, 9.17) is 4.74 Å². The number of para-hydroxylation sites is 1. The molecule has 0 fully saturated rings. The molecule has 1 aromatic rings. The van der Waals surface area contributed by atoms with Crippen molar-refractivity contribution < 1.29 is 19.6 Å². The van der Waals surface area contributed by atoms with E-state index in [-0.39, 0.29) is 12.2 Å². The van der Waals surface area contributed by atoms with Crippen molar-refractivity contribution in [3.63, 3.8) is 0 Å². The van der Waals surface area contributed by atoms with Crippen molar-refractivity contribution >= 4 is 11.7 Å². The molecule has 0 saturated heterocycles. The molecule has 6 heteroatoms. The van der Waals surface area contributed by atoms with Crippen LogP contribution in [0.25, 0.3) is 0 Å². The van der Waals surface area contributed by atoms with Crippen LogP contribution in [0.3, 0.4) is 0 Å². The number of carbonyl (C=O) groups is 1. The second kappa shape index (κ2) is 8.14. The van der Waals surface area contributed by atoms with Gasteiger partial charge in [-0.1, -0.05) is 38.7 Å². The minimum atomic E-state index is -0.765. The Hall–Kier alpha value is -2.11. The van der Waals surface area contributed by atoms with Crippen molar-refractivity contribution in [2.45, 2.75) is 45.4 Å². The van der Waals surface area contributed by atoms with Crippen molar-refractivity contribution in [1.29, 1.82) is 0 Å². The molecule has 0 unspecified atom stereocenters. The van der Waals surface area contributed by atoms with Crippen molar-refractivity contribution in [3.8, 4) is 11.5 Å². The molecule has 20 heavy (non-hydrogen) atoms. The molecule has 1 aromatic carbocycles. The molecule has 0 heterocycles. The normalized spacial score (nSPS) is 10.2. The number of benzene rings is 1. The van der Waals surface area contributed by atoms with Gasteiger partial charge < -0.3 is 9.84 Å². The smallest absolute Gasteiger partial charge is 0.352 e. The number of nitro groups is 1. The lowest BCUT2D eigenvalue weighted by Crippen LogP contribution is -2.09.